The fraction of sp³-hybridized carbons (Fsp3) is 0.600. The van der Waals surface area contributed by atoms with E-state index in [1.54, 1.807) is 0 Å². The molecular weight excluding hydrogens is 244 g/mol. The van der Waals surface area contributed by atoms with E-state index in [1.165, 1.54) is 16.8 Å². The molecule has 1 saturated heterocycles. The van der Waals surface area contributed by atoms with Crippen LogP contribution < -0.4 is 4.90 Å². The Kier molecular flexibility index (Phi) is 4.52. The Morgan fingerprint density at radius 3 is 2.67 bits per heavy atom. The second-order valence-corrected chi connectivity index (χ2v) is 5.44. The normalized spacial score (nSPS) is 21.3. The molecule has 3 heteroatoms. The molecule has 0 saturated carbocycles. The van der Waals surface area contributed by atoms with Crippen molar-refractivity contribution in [3.8, 4) is 0 Å². The minimum absolute atomic E-state index is 0.603. The van der Waals surface area contributed by atoms with Crippen molar-refractivity contribution < 1.29 is 0 Å². The second-order valence-electron chi connectivity index (χ2n) is 5.17. The second kappa shape index (κ2) is 5.94. The number of nitrogens with zero attached hydrogens (tertiary/aromatic N) is 2. The standard InChI is InChI=1S/C15H23ClN2/c1-4-17-7-8-18(11-13(17)3)15-6-5-14(10-16)12(2)9-15/h5-6,9,13H,4,7-8,10-11H2,1-3H3. The van der Waals surface area contributed by atoms with Gasteiger partial charge in [0.2, 0.25) is 0 Å². The van der Waals surface area contributed by atoms with Crippen LogP contribution in [-0.2, 0) is 5.88 Å². The Bertz CT molecular complexity index is 405. The van der Waals surface area contributed by atoms with Crippen LogP contribution in [0.1, 0.15) is 25.0 Å². The molecule has 0 spiro atoms. The highest BCUT2D eigenvalue weighted by molar-refractivity contribution is 6.17. The van der Waals surface area contributed by atoms with Crippen LogP contribution in [0.2, 0.25) is 0 Å². The Morgan fingerprint density at radius 1 is 1.33 bits per heavy atom. The third-order valence-electron chi connectivity index (χ3n) is 4.01. The maximum atomic E-state index is 5.91. The van der Waals surface area contributed by atoms with Gasteiger partial charge in [-0.2, -0.15) is 0 Å². The third kappa shape index (κ3) is 2.81. The third-order valence-corrected chi connectivity index (χ3v) is 4.29. The lowest BCUT2D eigenvalue weighted by Crippen LogP contribution is -2.51. The monoisotopic (exact) mass is 266 g/mol. The van der Waals surface area contributed by atoms with Crippen LogP contribution in [0, 0.1) is 6.92 Å². The predicted octanol–water partition coefficient (Wildman–Crippen LogP) is 3.26. The fourth-order valence-corrected chi connectivity index (χ4v) is 3.03. The molecule has 1 heterocycles. The van der Waals surface area contributed by atoms with E-state index in [-0.39, 0.29) is 0 Å². The first-order chi connectivity index (χ1) is 8.65. The minimum atomic E-state index is 0.603. The van der Waals surface area contributed by atoms with Crippen molar-refractivity contribution in [3.05, 3.63) is 29.3 Å². The zero-order valence-electron chi connectivity index (χ0n) is 11.6. The molecule has 1 aromatic carbocycles. The Labute approximate surface area is 116 Å². The first kappa shape index (κ1) is 13.7. The Balaban J connectivity index is 2.11. The van der Waals surface area contributed by atoms with Crippen molar-refractivity contribution in [1.29, 1.82) is 0 Å². The number of likely N-dealkylation sites (N-methyl/N-ethyl adjacent to an activating group) is 1. The van der Waals surface area contributed by atoms with Crippen LogP contribution in [0.25, 0.3) is 0 Å². The molecule has 0 amide bonds. The molecule has 2 rings (SSSR count). The van der Waals surface area contributed by atoms with Gasteiger partial charge in [0.25, 0.3) is 0 Å². The van der Waals surface area contributed by atoms with Crippen molar-refractivity contribution in [2.45, 2.75) is 32.7 Å². The molecule has 1 aromatic rings. The number of alkyl halides is 1. The number of rotatable bonds is 3. The highest BCUT2D eigenvalue weighted by Gasteiger charge is 2.22. The lowest BCUT2D eigenvalue weighted by atomic mass is 10.1. The van der Waals surface area contributed by atoms with E-state index in [0.29, 0.717) is 11.9 Å². The van der Waals surface area contributed by atoms with E-state index >= 15 is 0 Å². The van der Waals surface area contributed by atoms with Gasteiger partial charge in [0.1, 0.15) is 0 Å². The summed E-state index contributed by atoms with van der Waals surface area (Å²) < 4.78 is 0. The molecule has 0 aliphatic carbocycles. The summed E-state index contributed by atoms with van der Waals surface area (Å²) in [7, 11) is 0. The fourth-order valence-electron chi connectivity index (χ4n) is 2.73. The molecule has 1 aliphatic heterocycles. The highest BCUT2D eigenvalue weighted by atomic mass is 35.5. The Hall–Kier alpha value is -0.730. The molecule has 2 nitrogen and oxygen atoms in total. The van der Waals surface area contributed by atoms with E-state index in [2.05, 4.69) is 48.8 Å². The smallest absolute Gasteiger partial charge is 0.0476 e. The van der Waals surface area contributed by atoms with Gasteiger partial charge in [0, 0.05) is 37.2 Å². The first-order valence-corrected chi connectivity index (χ1v) is 7.33. The van der Waals surface area contributed by atoms with Gasteiger partial charge >= 0.3 is 0 Å². The van der Waals surface area contributed by atoms with Crippen LogP contribution in [-0.4, -0.2) is 37.1 Å². The molecular formula is C15H23ClN2. The van der Waals surface area contributed by atoms with Crippen LogP contribution >= 0.6 is 11.6 Å². The molecule has 1 aliphatic rings. The molecule has 1 fully saturated rings. The molecule has 1 unspecified atom stereocenters. The van der Waals surface area contributed by atoms with E-state index in [0.717, 1.165) is 26.2 Å². The quantitative estimate of drug-likeness (QED) is 0.775. The number of benzene rings is 1. The molecule has 0 N–H and O–H groups in total. The first-order valence-electron chi connectivity index (χ1n) is 6.80. The number of hydrogen-bond acceptors (Lipinski definition) is 2. The SMILES string of the molecule is CCN1CCN(c2ccc(CCl)c(C)c2)CC1C. The highest BCUT2D eigenvalue weighted by Crippen LogP contribution is 2.23. The lowest BCUT2D eigenvalue weighted by Gasteiger charge is -2.40. The van der Waals surface area contributed by atoms with Crippen molar-refractivity contribution in [2.75, 3.05) is 31.1 Å². The molecule has 1 atom stereocenters. The van der Waals surface area contributed by atoms with Crippen molar-refractivity contribution in [3.63, 3.8) is 0 Å². The minimum Gasteiger partial charge on any atom is -0.369 e. The van der Waals surface area contributed by atoms with Crippen molar-refractivity contribution in [2.24, 2.45) is 0 Å². The van der Waals surface area contributed by atoms with Gasteiger partial charge in [0.15, 0.2) is 0 Å². The summed E-state index contributed by atoms with van der Waals surface area (Å²) in [5, 5.41) is 0. The van der Waals surface area contributed by atoms with Crippen LogP contribution in [0.4, 0.5) is 5.69 Å². The number of piperazine rings is 1. The zero-order chi connectivity index (χ0) is 13.1. The van der Waals surface area contributed by atoms with E-state index < -0.39 is 0 Å². The van der Waals surface area contributed by atoms with E-state index in [1.807, 2.05) is 0 Å². The van der Waals surface area contributed by atoms with E-state index in [4.69, 9.17) is 11.6 Å². The van der Waals surface area contributed by atoms with Gasteiger partial charge in [-0.1, -0.05) is 13.0 Å². The number of halogens is 1. The predicted molar refractivity (Wildman–Crippen MR) is 79.7 cm³/mol. The Morgan fingerprint density at radius 2 is 2.11 bits per heavy atom. The molecule has 18 heavy (non-hydrogen) atoms. The summed E-state index contributed by atoms with van der Waals surface area (Å²) in [6, 6.07) is 7.27. The number of hydrogen-bond donors (Lipinski definition) is 0. The van der Waals surface area contributed by atoms with Crippen LogP contribution in [0.5, 0.6) is 0 Å². The van der Waals surface area contributed by atoms with Gasteiger partial charge < -0.3 is 4.90 Å². The van der Waals surface area contributed by atoms with E-state index in [9.17, 15) is 0 Å². The summed E-state index contributed by atoms with van der Waals surface area (Å²) in [5.74, 6) is 0.603. The lowest BCUT2D eigenvalue weighted by molar-refractivity contribution is 0.199. The summed E-state index contributed by atoms with van der Waals surface area (Å²) in [6.07, 6.45) is 0. The summed E-state index contributed by atoms with van der Waals surface area (Å²) >= 11 is 5.91. The number of aryl methyl sites for hydroxylation is 1. The van der Waals surface area contributed by atoms with Crippen molar-refractivity contribution >= 4 is 17.3 Å². The average Bonchev–Trinajstić information content (AvgIpc) is 2.38. The molecule has 0 aromatic heterocycles. The van der Waals surface area contributed by atoms with Gasteiger partial charge in [-0.25, -0.2) is 0 Å². The van der Waals surface area contributed by atoms with Gasteiger partial charge in [-0.3, -0.25) is 4.90 Å². The maximum Gasteiger partial charge on any atom is 0.0476 e. The van der Waals surface area contributed by atoms with Gasteiger partial charge in [-0.05, 0) is 43.7 Å². The average molecular weight is 267 g/mol. The van der Waals surface area contributed by atoms with Gasteiger partial charge in [-0.15, -0.1) is 11.6 Å². The zero-order valence-corrected chi connectivity index (χ0v) is 12.4. The summed E-state index contributed by atoms with van der Waals surface area (Å²) in [6.45, 7) is 11.3. The maximum absolute atomic E-state index is 5.91. The molecule has 0 bridgehead atoms. The summed E-state index contributed by atoms with van der Waals surface area (Å²) in [4.78, 5) is 5.03. The topological polar surface area (TPSA) is 6.48 Å². The largest absolute Gasteiger partial charge is 0.369 e. The van der Waals surface area contributed by atoms with Crippen LogP contribution in [0.3, 0.4) is 0 Å². The van der Waals surface area contributed by atoms with Crippen LogP contribution in [0.15, 0.2) is 18.2 Å². The number of anilines is 1. The van der Waals surface area contributed by atoms with Gasteiger partial charge in [0.05, 0.1) is 0 Å². The van der Waals surface area contributed by atoms with Crippen molar-refractivity contribution in [1.82, 2.24) is 4.90 Å². The summed E-state index contributed by atoms with van der Waals surface area (Å²) in [5.41, 5.74) is 3.87. The molecule has 0 radical (unpaired) electrons. The molecule has 100 valence electrons.